The number of aryl methyl sites for hydroxylation is 1. The topological polar surface area (TPSA) is 12.0 Å². The smallest absolute Gasteiger partial charge is 0.0487 e. The van der Waals surface area contributed by atoms with Crippen LogP contribution in [0, 0.1) is 6.92 Å². The zero-order chi connectivity index (χ0) is 8.27. The summed E-state index contributed by atoms with van der Waals surface area (Å²) in [6, 6.07) is 6.28. The molecule has 0 heterocycles. The molecule has 0 atom stereocenters. The molecule has 11 heavy (non-hydrogen) atoms. The third-order valence-corrected chi connectivity index (χ3v) is 2.18. The largest absolute Gasteiger partial charge is 0.384 e. The Morgan fingerprint density at radius 3 is 2.82 bits per heavy atom. The lowest BCUT2D eigenvalue weighted by atomic mass is 10.2. The van der Waals surface area contributed by atoms with Crippen molar-refractivity contribution in [3.63, 3.8) is 0 Å². The van der Waals surface area contributed by atoms with E-state index in [2.05, 4.69) is 53.3 Å². The lowest BCUT2D eigenvalue weighted by molar-refractivity contribution is 1.20. The zero-order valence-corrected chi connectivity index (χ0v) is 8.40. The maximum absolute atomic E-state index is 3.47. The number of halogens is 1. The van der Waals surface area contributed by atoms with Crippen LogP contribution in [0.5, 0.6) is 0 Å². The minimum atomic E-state index is 0.960. The van der Waals surface area contributed by atoms with Gasteiger partial charge in [-0.2, -0.15) is 0 Å². The number of anilines is 1. The summed E-state index contributed by atoms with van der Waals surface area (Å²) in [5, 5.41) is 3.27. The van der Waals surface area contributed by atoms with Crippen LogP contribution in [0.2, 0.25) is 0 Å². The summed E-state index contributed by atoms with van der Waals surface area (Å²) in [5.41, 5.74) is 2.46. The Hall–Kier alpha value is -0.500. The van der Waals surface area contributed by atoms with Crippen molar-refractivity contribution in [1.29, 1.82) is 0 Å². The highest BCUT2D eigenvalue weighted by Gasteiger charge is 1.96. The third-order valence-electron chi connectivity index (χ3n) is 1.49. The van der Waals surface area contributed by atoms with E-state index in [9.17, 15) is 0 Å². The molecule has 1 N–H and O–H groups in total. The molecule has 0 aliphatic carbocycles. The van der Waals surface area contributed by atoms with E-state index < -0.39 is 0 Å². The molecule has 0 aliphatic rings. The van der Waals surface area contributed by atoms with Gasteiger partial charge in [-0.3, -0.25) is 0 Å². The molecule has 0 spiro atoms. The summed E-state index contributed by atoms with van der Waals surface area (Å²) < 4.78 is 1.13. The van der Waals surface area contributed by atoms with Crippen molar-refractivity contribution in [2.24, 2.45) is 0 Å². The highest BCUT2D eigenvalue weighted by Crippen LogP contribution is 2.22. The van der Waals surface area contributed by atoms with E-state index in [1.807, 2.05) is 0 Å². The van der Waals surface area contributed by atoms with E-state index >= 15 is 0 Å². The van der Waals surface area contributed by atoms with Crippen LogP contribution in [0.25, 0.3) is 0 Å². The Kier molecular flexibility index (Phi) is 2.94. The maximum Gasteiger partial charge on any atom is 0.0487 e. The van der Waals surface area contributed by atoms with Gasteiger partial charge >= 0.3 is 0 Å². The molecule has 1 nitrogen and oxygen atoms in total. The number of hydrogen-bond acceptors (Lipinski definition) is 1. The lowest BCUT2D eigenvalue weighted by Crippen LogP contribution is -1.97. The summed E-state index contributed by atoms with van der Waals surface area (Å²) in [6.07, 6.45) is 0. The molecule has 2 heteroatoms. The molecule has 0 radical (unpaired) electrons. The Morgan fingerprint density at radius 1 is 1.45 bits per heavy atom. The van der Waals surface area contributed by atoms with Crippen molar-refractivity contribution in [2.45, 2.75) is 13.8 Å². The number of hydrogen-bond donors (Lipinski definition) is 1. The fourth-order valence-corrected chi connectivity index (χ4v) is 1.35. The predicted molar refractivity (Wildman–Crippen MR) is 53.0 cm³/mol. The summed E-state index contributed by atoms with van der Waals surface area (Å²) in [5.74, 6) is 0. The average Bonchev–Trinajstić information content (AvgIpc) is 1.98. The second kappa shape index (κ2) is 3.77. The van der Waals surface area contributed by atoms with Crippen molar-refractivity contribution in [2.75, 3.05) is 11.9 Å². The van der Waals surface area contributed by atoms with Gasteiger partial charge in [0.2, 0.25) is 0 Å². The summed E-state index contributed by atoms with van der Waals surface area (Å²) in [4.78, 5) is 0. The minimum absolute atomic E-state index is 0.960. The molecule has 0 amide bonds. The normalized spacial score (nSPS) is 9.73. The first-order valence-electron chi connectivity index (χ1n) is 3.74. The first kappa shape index (κ1) is 8.60. The van der Waals surface area contributed by atoms with Crippen LogP contribution in [-0.4, -0.2) is 6.54 Å². The van der Waals surface area contributed by atoms with Crippen LogP contribution >= 0.6 is 15.9 Å². The Bertz CT molecular complexity index is 245. The van der Waals surface area contributed by atoms with E-state index in [1.54, 1.807) is 0 Å². The SMILES string of the molecule is CCNc1cc(C)ccc1Br. The molecule has 0 aliphatic heterocycles. The molecule has 0 saturated carbocycles. The molecular weight excluding hydrogens is 202 g/mol. The van der Waals surface area contributed by atoms with Gasteiger partial charge in [0.15, 0.2) is 0 Å². The van der Waals surface area contributed by atoms with Gasteiger partial charge in [-0.05, 0) is 47.5 Å². The van der Waals surface area contributed by atoms with Gasteiger partial charge in [0.1, 0.15) is 0 Å². The molecule has 0 aromatic heterocycles. The second-order valence-electron chi connectivity index (χ2n) is 2.51. The van der Waals surface area contributed by atoms with Gasteiger partial charge in [-0.1, -0.05) is 6.07 Å². The Labute approximate surface area is 75.9 Å². The second-order valence-corrected chi connectivity index (χ2v) is 3.37. The fraction of sp³-hybridized carbons (Fsp3) is 0.333. The quantitative estimate of drug-likeness (QED) is 0.797. The molecule has 0 saturated heterocycles. The van der Waals surface area contributed by atoms with Crippen LogP contribution in [-0.2, 0) is 0 Å². The van der Waals surface area contributed by atoms with E-state index in [0.717, 1.165) is 11.0 Å². The van der Waals surface area contributed by atoms with Gasteiger partial charge in [-0.25, -0.2) is 0 Å². The Balaban J connectivity index is 2.93. The van der Waals surface area contributed by atoms with Crippen molar-refractivity contribution in [3.05, 3.63) is 28.2 Å². The molecule has 1 aromatic carbocycles. The van der Waals surface area contributed by atoms with Crippen LogP contribution < -0.4 is 5.32 Å². The van der Waals surface area contributed by atoms with Gasteiger partial charge in [-0.15, -0.1) is 0 Å². The van der Waals surface area contributed by atoms with Crippen LogP contribution in [0.15, 0.2) is 22.7 Å². The van der Waals surface area contributed by atoms with Crippen LogP contribution in [0.3, 0.4) is 0 Å². The standard InChI is InChI=1S/C9H12BrN/c1-3-11-9-6-7(2)4-5-8(9)10/h4-6,11H,3H2,1-2H3. The van der Waals surface area contributed by atoms with E-state index in [0.29, 0.717) is 0 Å². The van der Waals surface area contributed by atoms with Crippen molar-refractivity contribution < 1.29 is 0 Å². The molecule has 0 unspecified atom stereocenters. The van der Waals surface area contributed by atoms with E-state index in [4.69, 9.17) is 0 Å². The summed E-state index contributed by atoms with van der Waals surface area (Å²) in [7, 11) is 0. The van der Waals surface area contributed by atoms with Crippen molar-refractivity contribution in [1.82, 2.24) is 0 Å². The molecule has 0 fully saturated rings. The summed E-state index contributed by atoms with van der Waals surface area (Å²) in [6.45, 7) is 5.14. The molecule has 0 bridgehead atoms. The first-order valence-corrected chi connectivity index (χ1v) is 4.53. The number of nitrogens with one attached hydrogen (secondary N) is 1. The van der Waals surface area contributed by atoms with Crippen LogP contribution in [0.4, 0.5) is 5.69 Å². The Morgan fingerprint density at radius 2 is 2.18 bits per heavy atom. The van der Waals surface area contributed by atoms with Gasteiger partial charge < -0.3 is 5.32 Å². The first-order chi connectivity index (χ1) is 5.24. The molecular formula is C9H12BrN. The maximum atomic E-state index is 3.47. The van der Waals surface area contributed by atoms with Gasteiger partial charge in [0, 0.05) is 16.7 Å². The molecule has 60 valence electrons. The summed E-state index contributed by atoms with van der Waals surface area (Å²) >= 11 is 3.47. The fourth-order valence-electron chi connectivity index (χ4n) is 0.965. The lowest BCUT2D eigenvalue weighted by Gasteiger charge is -2.06. The van der Waals surface area contributed by atoms with Gasteiger partial charge in [0.05, 0.1) is 0 Å². The number of benzene rings is 1. The predicted octanol–water partition coefficient (Wildman–Crippen LogP) is 3.19. The van der Waals surface area contributed by atoms with Crippen molar-refractivity contribution >= 4 is 21.6 Å². The van der Waals surface area contributed by atoms with E-state index in [1.165, 1.54) is 11.3 Å². The molecule has 1 aromatic rings. The average molecular weight is 214 g/mol. The minimum Gasteiger partial charge on any atom is -0.384 e. The highest BCUT2D eigenvalue weighted by molar-refractivity contribution is 9.10. The molecule has 1 rings (SSSR count). The van der Waals surface area contributed by atoms with Gasteiger partial charge in [0.25, 0.3) is 0 Å². The van der Waals surface area contributed by atoms with Crippen molar-refractivity contribution in [3.8, 4) is 0 Å². The van der Waals surface area contributed by atoms with E-state index in [-0.39, 0.29) is 0 Å². The van der Waals surface area contributed by atoms with Crippen LogP contribution in [0.1, 0.15) is 12.5 Å². The number of rotatable bonds is 2. The monoisotopic (exact) mass is 213 g/mol. The third kappa shape index (κ3) is 2.22. The highest BCUT2D eigenvalue weighted by atomic mass is 79.9. The zero-order valence-electron chi connectivity index (χ0n) is 6.82.